The van der Waals surface area contributed by atoms with Crippen LogP contribution in [0.2, 0.25) is 0 Å². The minimum Gasteiger partial charge on any atom is -0.350 e. The summed E-state index contributed by atoms with van der Waals surface area (Å²) in [5.74, 6) is -1.87. The van der Waals surface area contributed by atoms with Gasteiger partial charge in [0.2, 0.25) is 0 Å². The maximum atomic E-state index is 14.2. The number of rotatable bonds is 2. The van der Waals surface area contributed by atoms with Crippen molar-refractivity contribution in [3.8, 4) is 0 Å². The average Bonchev–Trinajstić information content (AvgIpc) is 2.96. The van der Waals surface area contributed by atoms with Crippen LogP contribution in [0.3, 0.4) is 0 Å². The van der Waals surface area contributed by atoms with E-state index in [-0.39, 0.29) is 16.4 Å². The number of para-hydroxylation sites is 2. The summed E-state index contributed by atoms with van der Waals surface area (Å²) in [5.41, 5.74) is 1.57. The third kappa shape index (κ3) is 2.82. The third-order valence-corrected chi connectivity index (χ3v) is 4.71. The summed E-state index contributed by atoms with van der Waals surface area (Å²) in [6.07, 6.45) is 3.34. The smallest absolute Gasteiger partial charge is 0.270 e. The van der Waals surface area contributed by atoms with Crippen LogP contribution in [0.1, 0.15) is 5.56 Å². The second-order valence-electron chi connectivity index (χ2n) is 6.12. The van der Waals surface area contributed by atoms with Gasteiger partial charge in [-0.25, -0.2) is 9.29 Å². The Morgan fingerprint density at radius 2 is 1.78 bits per heavy atom. The molecule has 0 radical (unpaired) electrons. The van der Waals surface area contributed by atoms with E-state index in [9.17, 15) is 14.0 Å². The van der Waals surface area contributed by atoms with Gasteiger partial charge in [-0.15, -0.1) is 0 Å². The molecule has 1 N–H and O–H groups in total. The van der Waals surface area contributed by atoms with Gasteiger partial charge in [0, 0.05) is 29.7 Å². The number of nitrogens with one attached hydrogen (secondary N) is 1. The molecule has 2 heterocycles. The standard InChI is InChI=1S/C20H14FN3O2S/c1-23-11-12(13-6-2-4-8-16(13)23)10-14-18(25)22-20(27)24(19(14)26)17-9-5-3-7-15(17)21/h2-11H,1H3,(H,22,25,27)/b14-10-. The summed E-state index contributed by atoms with van der Waals surface area (Å²) >= 11 is 5.10. The van der Waals surface area contributed by atoms with Gasteiger partial charge in [-0.1, -0.05) is 30.3 Å². The van der Waals surface area contributed by atoms with E-state index in [0.29, 0.717) is 5.56 Å². The molecule has 3 aromatic rings. The molecule has 1 aromatic heterocycles. The van der Waals surface area contributed by atoms with Gasteiger partial charge in [0.25, 0.3) is 11.8 Å². The van der Waals surface area contributed by atoms with Crippen LogP contribution < -0.4 is 10.2 Å². The minimum absolute atomic E-state index is 0.00341. The van der Waals surface area contributed by atoms with Crippen LogP contribution in [0.5, 0.6) is 0 Å². The number of hydrogen-bond acceptors (Lipinski definition) is 3. The number of carbonyl (C=O) groups excluding carboxylic acids is 2. The van der Waals surface area contributed by atoms with E-state index in [4.69, 9.17) is 12.2 Å². The molecule has 0 saturated carbocycles. The molecule has 0 bridgehead atoms. The first kappa shape index (κ1) is 17.1. The molecule has 0 unspecified atom stereocenters. The number of halogens is 1. The Morgan fingerprint density at radius 3 is 2.56 bits per heavy atom. The first-order valence-corrected chi connectivity index (χ1v) is 8.58. The van der Waals surface area contributed by atoms with Crippen molar-refractivity contribution in [3.05, 3.63) is 71.7 Å². The molecule has 1 fully saturated rings. The number of aromatic nitrogens is 1. The van der Waals surface area contributed by atoms with Crippen molar-refractivity contribution in [1.29, 1.82) is 0 Å². The van der Waals surface area contributed by atoms with Crippen LogP contribution in [0, 0.1) is 5.82 Å². The lowest BCUT2D eigenvalue weighted by Gasteiger charge is -2.29. The number of thiocarbonyl (C=S) groups is 1. The lowest BCUT2D eigenvalue weighted by molar-refractivity contribution is -0.122. The molecular weight excluding hydrogens is 365 g/mol. The molecule has 2 aromatic carbocycles. The first-order chi connectivity index (χ1) is 13.0. The Hall–Kier alpha value is -3.32. The van der Waals surface area contributed by atoms with E-state index in [0.717, 1.165) is 15.8 Å². The van der Waals surface area contributed by atoms with Gasteiger partial charge in [0.15, 0.2) is 5.11 Å². The van der Waals surface area contributed by atoms with Crippen LogP contribution in [0.15, 0.2) is 60.3 Å². The Morgan fingerprint density at radius 1 is 1.07 bits per heavy atom. The number of benzene rings is 2. The van der Waals surface area contributed by atoms with Gasteiger partial charge in [-0.05, 0) is 36.5 Å². The van der Waals surface area contributed by atoms with E-state index in [1.165, 1.54) is 24.3 Å². The van der Waals surface area contributed by atoms with Crippen LogP contribution in [-0.2, 0) is 16.6 Å². The Balaban J connectivity index is 1.83. The van der Waals surface area contributed by atoms with Crippen LogP contribution >= 0.6 is 12.2 Å². The van der Waals surface area contributed by atoms with Crippen molar-refractivity contribution in [3.63, 3.8) is 0 Å². The molecule has 1 aliphatic heterocycles. The largest absolute Gasteiger partial charge is 0.350 e. The highest BCUT2D eigenvalue weighted by atomic mass is 32.1. The molecular formula is C20H14FN3O2S. The fraction of sp³-hybridized carbons (Fsp3) is 0.0500. The van der Waals surface area contributed by atoms with E-state index in [1.807, 2.05) is 42.1 Å². The zero-order chi connectivity index (χ0) is 19.1. The number of fused-ring (bicyclic) bond motifs is 1. The fourth-order valence-electron chi connectivity index (χ4n) is 3.15. The predicted octanol–water partition coefficient (Wildman–Crippen LogP) is 3.15. The molecule has 4 rings (SSSR count). The first-order valence-electron chi connectivity index (χ1n) is 8.17. The highest BCUT2D eigenvalue weighted by Crippen LogP contribution is 2.27. The van der Waals surface area contributed by atoms with Gasteiger partial charge >= 0.3 is 0 Å². The lowest BCUT2D eigenvalue weighted by Crippen LogP contribution is -2.54. The molecule has 1 saturated heterocycles. The highest BCUT2D eigenvalue weighted by molar-refractivity contribution is 7.80. The zero-order valence-corrected chi connectivity index (χ0v) is 15.1. The molecule has 0 atom stereocenters. The Kier molecular flexibility index (Phi) is 4.08. The van der Waals surface area contributed by atoms with E-state index in [1.54, 1.807) is 6.07 Å². The number of hydrogen-bond donors (Lipinski definition) is 1. The maximum absolute atomic E-state index is 14.2. The topological polar surface area (TPSA) is 54.3 Å². The van der Waals surface area contributed by atoms with Crippen LogP contribution in [0.4, 0.5) is 10.1 Å². The van der Waals surface area contributed by atoms with Crippen molar-refractivity contribution < 1.29 is 14.0 Å². The second-order valence-corrected chi connectivity index (χ2v) is 6.51. The summed E-state index contributed by atoms with van der Waals surface area (Å²) in [4.78, 5) is 26.4. The second kappa shape index (κ2) is 6.44. The molecule has 27 heavy (non-hydrogen) atoms. The van der Waals surface area contributed by atoms with Gasteiger partial charge in [-0.2, -0.15) is 0 Å². The summed E-state index contributed by atoms with van der Waals surface area (Å²) in [5, 5.41) is 3.22. The number of aryl methyl sites for hydroxylation is 1. The highest BCUT2D eigenvalue weighted by Gasteiger charge is 2.35. The summed E-state index contributed by atoms with van der Waals surface area (Å²) < 4.78 is 16.1. The van der Waals surface area contributed by atoms with E-state index in [2.05, 4.69) is 5.32 Å². The van der Waals surface area contributed by atoms with Crippen molar-refractivity contribution in [1.82, 2.24) is 9.88 Å². The van der Waals surface area contributed by atoms with Gasteiger partial charge < -0.3 is 4.57 Å². The lowest BCUT2D eigenvalue weighted by atomic mass is 10.1. The summed E-state index contributed by atoms with van der Waals surface area (Å²) in [6.45, 7) is 0. The predicted molar refractivity (Wildman–Crippen MR) is 106 cm³/mol. The van der Waals surface area contributed by atoms with Crippen molar-refractivity contribution >= 4 is 51.8 Å². The maximum Gasteiger partial charge on any atom is 0.270 e. The SMILES string of the molecule is Cn1cc(/C=C2/C(=O)NC(=S)N(c3ccccc3F)C2=O)c2ccccc21. The van der Waals surface area contributed by atoms with Crippen molar-refractivity contribution in [2.45, 2.75) is 0 Å². The van der Waals surface area contributed by atoms with Gasteiger partial charge in [0.1, 0.15) is 11.4 Å². The average molecular weight is 379 g/mol. The van der Waals surface area contributed by atoms with E-state index < -0.39 is 17.6 Å². The third-order valence-electron chi connectivity index (χ3n) is 4.42. The fourth-order valence-corrected chi connectivity index (χ4v) is 3.43. The zero-order valence-electron chi connectivity index (χ0n) is 14.3. The molecule has 0 aliphatic carbocycles. The monoisotopic (exact) mass is 379 g/mol. The molecule has 5 nitrogen and oxygen atoms in total. The van der Waals surface area contributed by atoms with E-state index >= 15 is 0 Å². The van der Waals surface area contributed by atoms with Gasteiger partial charge in [0.05, 0.1) is 5.69 Å². The molecule has 0 spiro atoms. The normalized spacial score (nSPS) is 16.3. The molecule has 134 valence electrons. The molecule has 7 heteroatoms. The van der Waals surface area contributed by atoms with Crippen molar-refractivity contribution in [2.24, 2.45) is 7.05 Å². The Bertz CT molecular complexity index is 1150. The minimum atomic E-state index is -0.665. The molecule has 1 aliphatic rings. The quantitative estimate of drug-likeness (QED) is 0.423. The number of carbonyl (C=O) groups is 2. The summed E-state index contributed by atoms with van der Waals surface area (Å²) in [6, 6.07) is 13.4. The molecule has 2 amide bonds. The Labute approximate surface area is 159 Å². The van der Waals surface area contributed by atoms with Crippen LogP contribution in [-0.4, -0.2) is 21.5 Å². The van der Waals surface area contributed by atoms with Crippen molar-refractivity contribution in [2.75, 3.05) is 4.90 Å². The number of nitrogens with zero attached hydrogens (tertiary/aromatic N) is 2. The summed E-state index contributed by atoms with van der Waals surface area (Å²) in [7, 11) is 1.88. The number of amides is 2. The number of anilines is 1. The van der Waals surface area contributed by atoms with Gasteiger partial charge in [-0.3, -0.25) is 14.9 Å². The van der Waals surface area contributed by atoms with Crippen LogP contribution in [0.25, 0.3) is 17.0 Å².